The molecule has 1 aromatic rings. The summed E-state index contributed by atoms with van der Waals surface area (Å²) in [5.74, 6) is 0. The molecule has 0 amide bonds. The van der Waals surface area contributed by atoms with Gasteiger partial charge in [0.25, 0.3) is 0 Å². The van der Waals surface area contributed by atoms with Crippen molar-refractivity contribution in [2.45, 2.75) is 26.8 Å². The van der Waals surface area contributed by atoms with Crippen molar-refractivity contribution in [2.75, 3.05) is 26.2 Å². The first-order chi connectivity index (χ1) is 7.70. The van der Waals surface area contributed by atoms with E-state index in [0.717, 1.165) is 26.2 Å². The van der Waals surface area contributed by atoms with E-state index in [9.17, 15) is 0 Å². The predicted octanol–water partition coefficient (Wildman–Crippen LogP) is 2.27. The van der Waals surface area contributed by atoms with E-state index < -0.39 is 0 Å². The second kappa shape index (κ2) is 4.98. The van der Waals surface area contributed by atoms with Gasteiger partial charge in [-0.25, -0.2) is 0 Å². The van der Waals surface area contributed by atoms with Gasteiger partial charge >= 0.3 is 0 Å². The van der Waals surface area contributed by atoms with Crippen LogP contribution < -0.4 is 5.32 Å². The van der Waals surface area contributed by atoms with Gasteiger partial charge in [0.2, 0.25) is 0 Å². The van der Waals surface area contributed by atoms with Gasteiger partial charge in [0, 0.05) is 32.2 Å². The Morgan fingerprint density at radius 3 is 2.25 bits per heavy atom. The van der Waals surface area contributed by atoms with E-state index >= 15 is 0 Å². The molecular formula is C14H22N2. The summed E-state index contributed by atoms with van der Waals surface area (Å²) in [6.07, 6.45) is 0. The fraction of sp³-hybridized carbons (Fsp3) is 0.571. The molecule has 1 aromatic carbocycles. The maximum absolute atomic E-state index is 3.41. The van der Waals surface area contributed by atoms with Crippen LogP contribution in [0.5, 0.6) is 0 Å². The highest BCUT2D eigenvalue weighted by molar-refractivity contribution is 5.35. The average molecular weight is 218 g/mol. The molecular weight excluding hydrogens is 196 g/mol. The van der Waals surface area contributed by atoms with Crippen molar-refractivity contribution in [1.82, 2.24) is 10.2 Å². The maximum Gasteiger partial charge on any atom is 0.0326 e. The fourth-order valence-electron chi connectivity index (χ4n) is 2.74. The Labute approximate surface area is 98.7 Å². The lowest BCUT2D eigenvalue weighted by molar-refractivity contribution is 0.184. The van der Waals surface area contributed by atoms with Crippen molar-refractivity contribution in [3.8, 4) is 0 Å². The third-order valence-electron chi connectivity index (χ3n) is 3.66. The standard InChI is InChI=1S/C14H22N2/c1-11-5-4-6-12(2)14(11)13(3)16-9-7-15-8-10-16/h4-6,13,15H,7-10H2,1-3H3/t13-/m1/s1. The first kappa shape index (κ1) is 11.6. The van der Waals surface area contributed by atoms with Crippen LogP contribution in [0.3, 0.4) is 0 Å². The number of aryl methyl sites for hydroxylation is 2. The van der Waals surface area contributed by atoms with Gasteiger partial charge in [0.1, 0.15) is 0 Å². The van der Waals surface area contributed by atoms with E-state index in [2.05, 4.69) is 49.2 Å². The van der Waals surface area contributed by atoms with Crippen LogP contribution in [0, 0.1) is 13.8 Å². The van der Waals surface area contributed by atoms with Gasteiger partial charge < -0.3 is 5.32 Å². The molecule has 1 atom stereocenters. The van der Waals surface area contributed by atoms with Crippen molar-refractivity contribution < 1.29 is 0 Å². The largest absolute Gasteiger partial charge is 0.314 e. The van der Waals surface area contributed by atoms with E-state index in [-0.39, 0.29) is 0 Å². The molecule has 0 bridgehead atoms. The fourth-order valence-corrected chi connectivity index (χ4v) is 2.74. The molecule has 0 spiro atoms. The third-order valence-corrected chi connectivity index (χ3v) is 3.66. The zero-order chi connectivity index (χ0) is 11.5. The van der Waals surface area contributed by atoms with Crippen molar-refractivity contribution >= 4 is 0 Å². The van der Waals surface area contributed by atoms with Gasteiger partial charge in [0.15, 0.2) is 0 Å². The van der Waals surface area contributed by atoms with Gasteiger partial charge in [-0.05, 0) is 37.5 Å². The smallest absolute Gasteiger partial charge is 0.0326 e. The first-order valence-corrected chi connectivity index (χ1v) is 6.21. The Bertz CT molecular complexity index is 334. The molecule has 1 N–H and O–H groups in total. The molecule has 0 unspecified atom stereocenters. The number of hydrogen-bond donors (Lipinski definition) is 1. The topological polar surface area (TPSA) is 15.3 Å². The van der Waals surface area contributed by atoms with E-state index in [1.54, 1.807) is 0 Å². The minimum atomic E-state index is 0.545. The van der Waals surface area contributed by atoms with Crippen LogP contribution >= 0.6 is 0 Å². The zero-order valence-corrected chi connectivity index (χ0v) is 10.6. The van der Waals surface area contributed by atoms with Gasteiger partial charge in [-0.1, -0.05) is 18.2 Å². The Kier molecular flexibility index (Phi) is 3.62. The Hall–Kier alpha value is -0.860. The number of benzene rings is 1. The number of piperazine rings is 1. The molecule has 2 nitrogen and oxygen atoms in total. The number of nitrogens with one attached hydrogen (secondary N) is 1. The Morgan fingerprint density at radius 2 is 1.69 bits per heavy atom. The highest BCUT2D eigenvalue weighted by Crippen LogP contribution is 2.26. The molecule has 1 fully saturated rings. The molecule has 1 heterocycles. The van der Waals surface area contributed by atoms with Crippen LogP contribution in [0.15, 0.2) is 18.2 Å². The predicted molar refractivity (Wildman–Crippen MR) is 68.8 cm³/mol. The molecule has 88 valence electrons. The molecule has 0 aromatic heterocycles. The molecule has 2 rings (SSSR count). The van der Waals surface area contributed by atoms with E-state index in [0.29, 0.717) is 6.04 Å². The normalized spacial score (nSPS) is 19.7. The van der Waals surface area contributed by atoms with Crippen LogP contribution in [0.25, 0.3) is 0 Å². The number of hydrogen-bond acceptors (Lipinski definition) is 2. The number of nitrogens with zero attached hydrogens (tertiary/aromatic N) is 1. The molecule has 1 saturated heterocycles. The summed E-state index contributed by atoms with van der Waals surface area (Å²) in [6, 6.07) is 7.14. The molecule has 1 aliphatic heterocycles. The van der Waals surface area contributed by atoms with Gasteiger partial charge in [-0.15, -0.1) is 0 Å². The molecule has 1 aliphatic rings. The summed E-state index contributed by atoms with van der Waals surface area (Å²) in [5.41, 5.74) is 4.36. The van der Waals surface area contributed by atoms with E-state index in [4.69, 9.17) is 0 Å². The summed E-state index contributed by atoms with van der Waals surface area (Å²) in [5, 5.41) is 3.41. The summed E-state index contributed by atoms with van der Waals surface area (Å²) in [6.45, 7) is 11.3. The summed E-state index contributed by atoms with van der Waals surface area (Å²) < 4.78 is 0. The molecule has 0 aliphatic carbocycles. The minimum Gasteiger partial charge on any atom is -0.314 e. The van der Waals surface area contributed by atoms with Gasteiger partial charge in [0.05, 0.1) is 0 Å². The van der Waals surface area contributed by atoms with Crippen LogP contribution in [-0.4, -0.2) is 31.1 Å². The lowest BCUT2D eigenvalue weighted by atomic mass is 9.96. The molecule has 2 heteroatoms. The van der Waals surface area contributed by atoms with Crippen LogP contribution in [0.1, 0.15) is 29.7 Å². The average Bonchev–Trinajstić information content (AvgIpc) is 2.30. The zero-order valence-electron chi connectivity index (χ0n) is 10.6. The second-order valence-electron chi connectivity index (χ2n) is 4.77. The Balaban J connectivity index is 2.22. The highest BCUT2D eigenvalue weighted by Gasteiger charge is 2.20. The summed E-state index contributed by atoms with van der Waals surface area (Å²) >= 11 is 0. The lowest BCUT2D eigenvalue weighted by Crippen LogP contribution is -2.44. The minimum absolute atomic E-state index is 0.545. The molecule has 0 saturated carbocycles. The van der Waals surface area contributed by atoms with Gasteiger partial charge in [-0.2, -0.15) is 0 Å². The highest BCUT2D eigenvalue weighted by atomic mass is 15.2. The maximum atomic E-state index is 3.41. The van der Waals surface area contributed by atoms with Crippen molar-refractivity contribution in [3.63, 3.8) is 0 Å². The Morgan fingerprint density at radius 1 is 1.12 bits per heavy atom. The summed E-state index contributed by atoms with van der Waals surface area (Å²) in [4.78, 5) is 2.58. The lowest BCUT2D eigenvalue weighted by Gasteiger charge is -2.34. The quantitative estimate of drug-likeness (QED) is 0.819. The van der Waals surface area contributed by atoms with Crippen molar-refractivity contribution in [1.29, 1.82) is 0 Å². The second-order valence-corrected chi connectivity index (χ2v) is 4.77. The van der Waals surface area contributed by atoms with Crippen molar-refractivity contribution in [3.05, 3.63) is 34.9 Å². The SMILES string of the molecule is Cc1cccc(C)c1[C@@H](C)N1CCNCC1. The van der Waals surface area contributed by atoms with Crippen molar-refractivity contribution in [2.24, 2.45) is 0 Å². The van der Waals surface area contributed by atoms with Crippen LogP contribution in [0.4, 0.5) is 0 Å². The van der Waals surface area contributed by atoms with Crippen LogP contribution in [0.2, 0.25) is 0 Å². The molecule has 16 heavy (non-hydrogen) atoms. The summed E-state index contributed by atoms with van der Waals surface area (Å²) in [7, 11) is 0. The first-order valence-electron chi connectivity index (χ1n) is 6.21. The molecule has 0 radical (unpaired) electrons. The monoisotopic (exact) mass is 218 g/mol. The van der Waals surface area contributed by atoms with E-state index in [1.807, 2.05) is 0 Å². The van der Waals surface area contributed by atoms with E-state index in [1.165, 1.54) is 16.7 Å². The van der Waals surface area contributed by atoms with Gasteiger partial charge in [-0.3, -0.25) is 4.90 Å². The number of rotatable bonds is 2. The van der Waals surface area contributed by atoms with Crippen LogP contribution in [-0.2, 0) is 0 Å². The third kappa shape index (κ3) is 2.28.